The molecule has 5 heteroatoms. The summed E-state index contributed by atoms with van der Waals surface area (Å²) in [6, 6.07) is 13.5. The van der Waals surface area contributed by atoms with Gasteiger partial charge < -0.3 is 10.1 Å². The molecule has 1 N–H and O–H groups in total. The topological polar surface area (TPSA) is 62.1 Å². The quantitative estimate of drug-likeness (QED) is 0.878. The third kappa shape index (κ3) is 3.28. The highest BCUT2D eigenvalue weighted by Crippen LogP contribution is 2.41. The average molecular weight is 352 g/mol. The lowest BCUT2D eigenvalue weighted by Gasteiger charge is -2.36. The van der Waals surface area contributed by atoms with Gasteiger partial charge in [0.15, 0.2) is 0 Å². The van der Waals surface area contributed by atoms with Gasteiger partial charge >= 0.3 is 0 Å². The summed E-state index contributed by atoms with van der Waals surface area (Å²) in [5.41, 5.74) is 0.421. The first-order valence-electron chi connectivity index (χ1n) is 8.75. The van der Waals surface area contributed by atoms with Crippen LogP contribution in [0.1, 0.15) is 43.2 Å². The lowest BCUT2D eigenvalue weighted by molar-refractivity contribution is -0.122. The first-order valence-corrected chi connectivity index (χ1v) is 8.75. The predicted molar refractivity (Wildman–Crippen MR) is 97.5 cm³/mol. The van der Waals surface area contributed by atoms with Crippen molar-refractivity contribution in [3.05, 3.63) is 59.4 Å². The predicted octanol–water partition coefficient (Wildman–Crippen LogP) is 4.55. The monoisotopic (exact) mass is 352 g/mol. The van der Waals surface area contributed by atoms with Crippen molar-refractivity contribution in [3.63, 3.8) is 0 Å². The van der Waals surface area contributed by atoms with Crippen LogP contribution in [0.2, 0.25) is 0 Å². The molecule has 2 aromatic carbocycles. The van der Waals surface area contributed by atoms with Crippen LogP contribution in [0.3, 0.4) is 0 Å². The van der Waals surface area contributed by atoms with Gasteiger partial charge in [-0.3, -0.25) is 4.79 Å². The number of anilines is 1. The summed E-state index contributed by atoms with van der Waals surface area (Å²) < 4.78 is 19.6. The number of nitrogens with one attached hydrogen (secondary N) is 1. The van der Waals surface area contributed by atoms with Gasteiger partial charge in [0.25, 0.3) is 0 Å². The van der Waals surface area contributed by atoms with E-state index in [0.29, 0.717) is 35.4 Å². The molecule has 4 nitrogen and oxygen atoms in total. The second-order valence-electron chi connectivity index (χ2n) is 6.60. The molecule has 3 rings (SSSR count). The van der Waals surface area contributed by atoms with E-state index in [1.165, 1.54) is 13.2 Å². The first-order chi connectivity index (χ1) is 12.6. The molecule has 26 heavy (non-hydrogen) atoms. The average Bonchev–Trinajstić information content (AvgIpc) is 2.68. The smallest absolute Gasteiger partial charge is 0.235 e. The zero-order valence-corrected chi connectivity index (χ0v) is 14.7. The lowest BCUT2D eigenvalue weighted by atomic mass is 9.68. The first kappa shape index (κ1) is 17.9. The largest absolute Gasteiger partial charge is 0.495 e. The minimum atomic E-state index is -0.879. The summed E-state index contributed by atoms with van der Waals surface area (Å²) in [7, 11) is 1.49. The second kappa shape index (κ2) is 7.57. The van der Waals surface area contributed by atoms with Crippen LogP contribution >= 0.6 is 0 Å². The molecule has 0 aliphatic heterocycles. The van der Waals surface area contributed by atoms with Gasteiger partial charge in [-0.1, -0.05) is 37.5 Å². The van der Waals surface area contributed by atoms with Crippen LogP contribution in [-0.2, 0) is 10.2 Å². The summed E-state index contributed by atoms with van der Waals surface area (Å²) in [5, 5.41) is 12.1. The number of hydrogen-bond donors (Lipinski definition) is 1. The van der Waals surface area contributed by atoms with Gasteiger partial charge in [-0.25, -0.2) is 4.39 Å². The van der Waals surface area contributed by atoms with Crippen molar-refractivity contribution in [1.29, 1.82) is 5.26 Å². The molecule has 0 radical (unpaired) electrons. The fourth-order valence-corrected chi connectivity index (χ4v) is 3.75. The Balaban J connectivity index is 1.95. The Labute approximate surface area is 152 Å². The van der Waals surface area contributed by atoms with Crippen LogP contribution in [0.4, 0.5) is 10.1 Å². The van der Waals surface area contributed by atoms with E-state index in [2.05, 4.69) is 11.4 Å². The maximum absolute atomic E-state index is 14.5. The van der Waals surface area contributed by atoms with Crippen molar-refractivity contribution < 1.29 is 13.9 Å². The SMILES string of the molecule is COc1ccc(NC(=O)C2(c3ccccc3F)CCCCC2)cc1C#N. The normalized spacial score (nSPS) is 15.7. The molecule has 2 aromatic rings. The lowest BCUT2D eigenvalue weighted by Crippen LogP contribution is -2.42. The number of methoxy groups -OCH3 is 1. The van der Waals surface area contributed by atoms with Gasteiger partial charge in [-0.05, 0) is 37.1 Å². The molecule has 0 heterocycles. The number of carbonyl (C=O) groups is 1. The molecule has 0 atom stereocenters. The molecule has 1 aliphatic rings. The van der Waals surface area contributed by atoms with Gasteiger partial charge in [0.2, 0.25) is 5.91 Å². The highest BCUT2D eigenvalue weighted by Gasteiger charge is 2.42. The molecular formula is C21H21FN2O2. The van der Waals surface area contributed by atoms with Gasteiger partial charge in [0.05, 0.1) is 18.1 Å². The number of halogens is 1. The number of hydrogen-bond acceptors (Lipinski definition) is 3. The fourth-order valence-electron chi connectivity index (χ4n) is 3.75. The fraction of sp³-hybridized carbons (Fsp3) is 0.333. The molecule has 0 aromatic heterocycles. The molecule has 0 spiro atoms. The summed E-state index contributed by atoms with van der Waals surface area (Å²) in [5.74, 6) is -0.125. The van der Waals surface area contributed by atoms with Crippen molar-refractivity contribution >= 4 is 11.6 Å². The molecule has 134 valence electrons. The number of benzene rings is 2. The summed E-state index contributed by atoms with van der Waals surface area (Å²) >= 11 is 0. The van der Waals surface area contributed by atoms with E-state index in [-0.39, 0.29) is 11.7 Å². The number of nitriles is 1. The maximum Gasteiger partial charge on any atom is 0.235 e. The van der Waals surface area contributed by atoms with Crippen molar-refractivity contribution in [2.24, 2.45) is 0 Å². The van der Waals surface area contributed by atoms with Gasteiger partial charge in [-0.15, -0.1) is 0 Å². The molecule has 1 saturated carbocycles. The van der Waals surface area contributed by atoms with Gasteiger partial charge in [-0.2, -0.15) is 5.26 Å². The second-order valence-corrected chi connectivity index (χ2v) is 6.60. The Hall–Kier alpha value is -2.87. The van der Waals surface area contributed by atoms with E-state index in [1.54, 1.807) is 36.4 Å². The molecular weight excluding hydrogens is 331 g/mol. The van der Waals surface area contributed by atoms with E-state index < -0.39 is 5.41 Å². The number of carbonyl (C=O) groups excluding carboxylic acids is 1. The van der Waals surface area contributed by atoms with E-state index in [1.807, 2.05) is 0 Å². The van der Waals surface area contributed by atoms with Crippen LogP contribution in [-0.4, -0.2) is 13.0 Å². The number of nitrogens with zero attached hydrogens (tertiary/aromatic N) is 1. The van der Waals surface area contributed by atoms with E-state index in [4.69, 9.17) is 4.74 Å². The highest BCUT2D eigenvalue weighted by molar-refractivity contribution is 5.99. The number of amides is 1. The van der Waals surface area contributed by atoms with Crippen LogP contribution in [0.25, 0.3) is 0 Å². The van der Waals surface area contributed by atoms with Crippen molar-refractivity contribution in [3.8, 4) is 11.8 Å². The molecule has 0 bridgehead atoms. The Kier molecular flexibility index (Phi) is 5.22. The number of ether oxygens (including phenoxy) is 1. The zero-order chi connectivity index (χ0) is 18.6. The van der Waals surface area contributed by atoms with Crippen molar-refractivity contribution in [2.75, 3.05) is 12.4 Å². The molecule has 1 amide bonds. The molecule has 0 saturated heterocycles. The Morgan fingerprint density at radius 3 is 2.58 bits per heavy atom. The molecule has 1 aliphatic carbocycles. The van der Waals surface area contributed by atoms with Gasteiger partial charge in [0, 0.05) is 11.3 Å². The van der Waals surface area contributed by atoms with Crippen LogP contribution < -0.4 is 10.1 Å². The van der Waals surface area contributed by atoms with Crippen LogP contribution in [0, 0.1) is 17.1 Å². The maximum atomic E-state index is 14.5. The minimum absolute atomic E-state index is 0.226. The standard InChI is InChI=1S/C21H21FN2O2/c1-26-19-10-9-16(13-15(19)14-23)24-20(25)21(11-5-2-6-12-21)17-7-3-4-8-18(17)22/h3-4,7-10,13H,2,5-6,11-12H2,1H3,(H,24,25). The van der Waals surface area contributed by atoms with E-state index >= 15 is 0 Å². The van der Waals surface area contributed by atoms with Crippen LogP contribution in [0.5, 0.6) is 5.75 Å². The Bertz CT molecular complexity index is 851. The van der Waals surface area contributed by atoms with Crippen LogP contribution in [0.15, 0.2) is 42.5 Å². The Morgan fingerprint density at radius 1 is 1.19 bits per heavy atom. The van der Waals surface area contributed by atoms with Crippen molar-refractivity contribution in [2.45, 2.75) is 37.5 Å². The Morgan fingerprint density at radius 2 is 1.92 bits per heavy atom. The summed E-state index contributed by atoms with van der Waals surface area (Å²) in [4.78, 5) is 13.2. The minimum Gasteiger partial charge on any atom is -0.495 e. The summed E-state index contributed by atoms with van der Waals surface area (Å²) in [6.07, 6.45) is 4.04. The third-order valence-electron chi connectivity index (χ3n) is 5.11. The van der Waals surface area contributed by atoms with E-state index in [9.17, 15) is 14.4 Å². The molecule has 0 unspecified atom stereocenters. The van der Waals surface area contributed by atoms with Gasteiger partial charge in [0.1, 0.15) is 17.6 Å². The highest BCUT2D eigenvalue weighted by atomic mass is 19.1. The van der Waals surface area contributed by atoms with E-state index in [0.717, 1.165) is 19.3 Å². The summed E-state index contributed by atoms with van der Waals surface area (Å²) in [6.45, 7) is 0. The molecule has 1 fully saturated rings. The number of rotatable bonds is 4. The third-order valence-corrected chi connectivity index (χ3v) is 5.11. The zero-order valence-electron chi connectivity index (χ0n) is 14.7. The van der Waals surface area contributed by atoms with Crippen molar-refractivity contribution in [1.82, 2.24) is 0 Å².